The number of para-hydroxylation sites is 1. The maximum atomic E-state index is 12.3. The minimum atomic E-state index is 0. The number of nitrogens with one attached hydrogen (secondary N) is 1. The molecule has 1 unspecified atom stereocenters. The van der Waals surface area contributed by atoms with E-state index in [0.717, 1.165) is 42.2 Å². The molecule has 2 aromatic rings. The number of anilines is 2. The summed E-state index contributed by atoms with van der Waals surface area (Å²) in [7, 11) is 0. The molecule has 1 aliphatic rings. The second-order valence-electron chi connectivity index (χ2n) is 6.22. The van der Waals surface area contributed by atoms with E-state index in [1.807, 2.05) is 48.5 Å². The van der Waals surface area contributed by atoms with Gasteiger partial charge >= 0.3 is 0 Å². The first-order valence-electron chi connectivity index (χ1n) is 8.25. The Morgan fingerprint density at radius 3 is 2.54 bits per heavy atom. The molecule has 1 heterocycles. The lowest BCUT2D eigenvalue weighted by Crippen LogP contribution is -2.48. The standard InChI is InChI=1S/C19H22ClN3O.2ClH/c20-17-5-1-2-6-18(17)23-11-3-4-16(13-23)22-19(24)12-14-7-9-15(21)10-8-14;;/h1-2,5-10,16H,3-4,11-13,21H2,(H,22,24);2*1H. The van der Waals surface area contributed by atoms with Gasteiger partial charge in [0.15, 0.2) is 0 Å². The van der Waals surface area contributed by atoms with Crippen LogP contribution in [0.4, 0.5) is 11.4 Å². The van der Waals surface area contributed by atoms with Gasteiger partial charge in [0.2, 0.25) is 5.91 Å². The number of benzene rings is 2. The molecule has 1 saturated heterocycles. The third-order valence-electron chi connectivity index (χ3n) is 4.32. The summed E-state index contributed by atoms with van der Waals surface area (Å²) in [5.41, 5.74) is 8.39. The van der Waals surface area contributed by atoms with Crippen molar-refractivity contribution in [2.24, 2.45) is 0 Å². The molecule has 4 nitrogen and oxygen atoms in total. The molecule has 1 fully saturated rings. The molecule has 1 aliphatic heterocycles. The van der Waals surface area contributed by atoms with Crippen LogP contribution in [0, 0.1) is 0 Å². The number of nitrogen functional groups attached to an aromatic ring is 1. The molecule has 1 amide bonds. The van der Waals surface area contributed by atoms with Gasteiger partial charge in [0.05, 0.1) is 17.1 Å². The predicted octanol–water partition coefficient (Wildman–Crippen LogP) is 4.09. The minimum Gasteiger partial charge on any atom is -0.399 e. The minimum absolute atomic E-state index is 0. The molecule has 3 rings (SSSR count). The number of nitrogens with two attached hydrogens (primary N) is 1. The number of carbonyl (C=O) groups is 1. The van der Waals surface area contributed by atoms with Crippen molar-refractivity contribution in [3.05, 3.63) is 59.1 Å². The van der Waals surface area contributed by atoms with Gasteiger partial charge in [-0.25, -0.2) is 0 Å². The first kappa shape index (κ1) is 22.4. The fraction of sp³-hybridized carbons (Fsp3) is 0.316. The topological polar surface area (TPSA) is 58.4 Å². The maximum absolute atomic E-state index is 12.3. The zero-order valence-electron chi connectivity index (χ0n) is 14.4. The van der Waals surface area contributed by atoms with E-state index < -0.39 is 0 Å². The van der Waals surface area contributed by atoms with Gasteiger partial charge in [0.1, 0.15) is 0 Å². The van der Waals surface area contributed by atoms with E-state index in [-0.39, 0.29) is 36.8 Å². The van der Waals surface area contributed by atoms with Gasteiger partial charge in [-0.05, 0) is 42.7 Å². The third-order valence-corrected chi connectivity index (χ3v) is 4.64. The van der Waals surface area contributed by atoms with Crippen molar-refractivity contribution in [1.82, 2.24) is 5.32 Å². The zero-order valence-corrected chi connectivity index (χ0v) is 16.7. The molecule has 7 heteroatoms. The van der Waals surface area contributed by atoms with E-state index in [1.165, 1.54) is 0 Å². The van der Waals surface area contributed by atoms with Crippen molar-refractivity contribution in [1.29, 1.82) is 0 Å². The van der Waals surface area contributed by atoms with Gasteiger partial charge in [-0.1, -0.05) is 35.9 Å². The molecule has 142 valence electrons. The monoisotopic (exact) mass is 415 g/mol. The highest BCUT2D eigenvalue weighted by atomic mass is 35.5. The molecule has 0 aliphatic carbocycles. The fourth-order valence-corrected chi connectivity index (χ4v) is 3.38. The summed E-state index contributed by atoms with van der Waals surface area (Å²) in [6, 6.07) is 15.4. The van der Waals surface area contributed by atoms with Gasteiger partial charge in [0, 0.05) is 24.8 Å². The number of hydrogen-bond acceptors (Lipinski definition) is 3. The molecular weight excluding hydrogens is 393 g/mol. The van der Waals surface area contributed by atoms with Crippen LogP contribution in [0.3, 0.4) is 0 Å². The van der Waals surface area contributed by atoms with Crippen LogP contribution in [-0.4, -0.2) is 25.0 Å². The Bertz CT molecular complexity index is 709. The van der Waals surface area contributed by atoms with Gasteiger partial charge in [-0.3, -0.25) is 4.79 Å². The Balaban J connectivity index is 0.00000169. The number of nitrogens with zero attached hydrogens (tertiary/aromatic N) is 1. The zero-order chi connectivity index (χ0) is 16.9. The lowest BCUT2D eigenvalue weighted by Gasteiger charge is -2.35. The van der Waals surface area contributed by atoms with Crippen molar-refractivity contribution < 1.29 is 4.79 Å². The highest BCUT2D eigenvalue weighted by molar-refractivity contribution is 6.33. The SMILES string of the molecule is Cl.Cl.Nc1ccc(CC(=O)NC2CCCN(c3ccccc3Cl)C2)cc1. The Morgan fingerprint density at radius 1 is 1.15 bits per heavy atom. The molecule has 3 N–H and O–H groups in total. The summed E-state index contributed by atoms with van der Waals surface area (Å²) in [6.07, 6.45) is 2.41. The number of halogens is 3. The molecule has 26 heavy (non-hydrogen) atoms. The number of rotatable bonds is 4. The van der Waals surface area contributed by atoms with Gasteiger partial charge in [-0.2, -0.15) is 0 Å². The average Bonchev–Trinajstić information content (AvgIpc) is 2.57. The maximum Gasteiger partial charge on any atom is 0.224 e. The van der Waals surface area contributed by atoms with Crippen LogP contribution in [0.15, 0.2) is 48.5 Å². The van der Waals surface area contributed by atoms with Gasteiger partial charge in [-0.15, -0.1) is 24.8 Å². The lowest BCUT2D eigenvalue weighted by molar-refractivity contribution is -0.121. The van der Waals surface area contributed by atoms with E-state index in [2.05, 4.69) is 10.2 Å². The van der Waals surface area contributed by atoms with E-state index in [4.69, 9.17) is 17.3 Å². The molecule has 0 spiro atoms. The predicted molar refractivity (Wildman–Crippen MR) is 114 cm³/mol. The van der Waals surface area contributed by atoms with Crippen LogP contribution >= 0.6 is 36.4 Å². The molecular formula is C19H24Cl3N3O. The molecule has 0 bridgehead atoms. The van der Waals surface area contributed by atoms with Crippen LogP contribution in [0.1, 0.15) is 18.4 Å². The second-order valence-corrected chi connectivity index (χ2v) is 6.63. The third kappa shape index (κ3) is 5.97. The molecule has 2 aromatic carbocycles. The Hall–Kier alpha value is -1.62. The Labute approximate surface area is 171 Å². The normalized spacial score (nSPS) is 16.2. The number of carbonyl (C=O) groups excluding carboxylic acids is 1. The summed E-state index contributed by atoms with van der Waals surface area (Å²) in [4.78, 5) is 14.5. The van der Waals surface area contributed by atoms with Crippen molar-refractivity contribution in [3.63, 3.8) is 0 Å². The van der Waals surface area contributed by atoms with E-state index in [1.54, 1.807) is 0 Å². The summed E-state index contributed by atoms with van der Waals surface area (Å²) in [5, 5.41) is 3.90. The van der Waals surface area contributed by atoms with Crippen molar-refractivity contribution >= 4 is 53.7 Å². The Kier molecular flexibility index (Phi) is 9.06. The first-order chi connectivity index (χ1) is 11.6. The summed E-state index contributed by atoms with van der Waals surface area (Å²) in [6.45, 7) is 1.76. The van der Waals surface area contributed by atoms with Crippen LogP contribution in [0.25, 0.3) is 0 Å². The smallest absolute Gasteiger partial charge is 0.224 e. The van der Waals surface area contributed by atoms with Crippen LogP contribution < -0.4 is 16.0 Å². The van der Waals surface area contributed by atoms with E-state index in [0.29, 0.717) is 12.1 Å². The summed E-state index contributed by atoms with van der Waals surface area (Å²) < 4.78 is 0. The van der Waals surface area contributed by atoms with Gasteiger partial charge < -0.3 is 16.0 Å². The van der Waals surface area contributed by atoms with E-state index >= 15 is 0 Å². The van der Waals surface area contributed by atoms with Crippen LogP contribution in [0.5, 0.6) is 0 Å². The lowest BCUT2D eigenvalue weighted by atomic mass is 10.0. The Morgan fingerprint density at radius 2 is 1.85 bits per heavy atom. The molecule has 0 saturated carbocycles. The van der Waals surface area contributed by atoms with Crippen molar-refractivity contribution in [2.75, 3.05) is 23.7 Å². The number of hydrogen-bond donors (Lipinski definition) is 2. The quantitative estimate of drug-likeness (QED) is 0.738. The fourth-order valence-electron chi connectivity index (χ4n) is 3.12. The van der Waals surface area contributed by atoms with Gasteiger partial charge in [0.25, 0.3) is 0 Å². The van der Waals surface area contributed by atoms with Crippen LogP contribution in [0.2, 0.25) is 5.02 Å². The number of piperidine rings is 1. The molecule has 1 atom stereocenters. The molecule has 0 radical (unpaired) electrons. The van der Waals surface area contributed by atoms with Crippen molar-refractivity contribution in [3.8, 4) is 0 Å². The number of amides is 1. The highest BCUT2D eigenvalue weighted by Gasteiger charge is 2.22. The summed E-state index contributed by atoms with van der Waals surface area (Å²) >= 11 is 6.29. The summed E-state index contributed by atoms with van der Waals surface area (Å²) in [5.74, 6) is 0.0470. The van der Waals surface area contributed by atoms with Crippen LogP contribution in [-0.2, 0) is 11.2 Å². The average molecular weight is 417 g/mol. The van der Waals surface area contributed by atoms with Crippen molar-refractivity contribution in [2.45, 2.75) is 25.3 Å². The largest absolute Gasteiger partial charge is 0.399 e. The molecule has 0 aromatic heterocycles. The van der Waals surface area contributed by atoms with E-state index in [9.17, 15) is 4.79 Å². The first-order valence-corrected chi connectivity index (χ1v) is 8.63. The highest BCUT2D eigenvalue weighted by Crippen LogP contribution is 2.27. The second kappa shape index (κ2) is 10.5.